The number of anilines is 2. The SMILES string of the molecule is COc1ccc(OC)c(-c2nc3c(OCc4ccccc4)cccn3c2Nc2c(C)cccc2C)c1. The van der Waals surface area contributed by atoms with Crippen LogP contribution in [0.25, 0.3) is 16.9 Å². The molecule has 6 nitrogen and oxygen atoms in total. The number of benzene rings is 3. The number of nitrogens with zero attached hydrogens (tertiary/aromatic N) is 2. The Labute approximate surface area is 211 Å². The largest absolute Gasteiger partial charge is 0.497 e. The standard InChI is InChI=1S/C30H29N3O3/c1-20-10-8-11-21(2)27(20)31-30-28(24-18-23(34-3)15-16-25(24)35-4)32-29-26(14-9-17-33(29)30)36-19-22-12-6-5-7-13-22/h5-18,31H,19H2,1-4H3. The highest BCUT2D eigenvalue weighted by Crippen LogP contribution is 2.40. The van der Waals surface area contributed by atoms with Crippen LogP contribution in [0.4, 0.5) is 11.5 Å². The molecule has 0 atom stereocenters. The first-order valence-corrected chi connectivity index (χ1v) is 11.8. The number of ether oxygens (including phenoxy) is 3. The number of pyridine rings is 1. The average Bonchev–Trinajstić information content (AvgIpc) is 3.28. The summed E-state index contributed by atoms with van der Waals surface area (Å²) in [6.07, 6.45) is 1.99. The van der Waals surface area contributed by atoms with E-state index < -0.39 is 0 Å². The fraction of sp³-hybridized carbons (Fsp3) is 0.167. The molecule has 0 aliphatic heterocycles. The maximum atomic E-state index is 6.24. The van der Waals surface area contributed by atoms with Gasteiger partial charge >= 0.3 is 0 Å². The van der Waals surface area contributed by atoms with Gasteiger partial charge in [-0.2, -0.15) is 0 Å². The molecular weight excluding hydrogens is 450 g/mol. The lowest BCUT2D eigenvalue weighted by Crippen LogP contribution is -2.02. The van der Waals surface area contributed by atoms with Gasteiger partial charge < -0.3 is 19.5 Å². The van der Waals surface area contributed by atoms with Crippen molar-refractivity contribution < 1.29 is 14.2 Å². The van der Waals surface area contributed by atoms with Gasteiger partial charge in [-0.1, -0.05) is 48.5 Å². The van der Waals surface area contributed by atoms with Gasteiger partial charge in [0.2, 0.25) is 0 Å². The Balaban J connectivity index is 1.69. The van der Waals surface area contributed by atoms with E-state index in [9.17, 15) is 0 Å². The van der Waals surface area contributed by atoms with E-state index in [4.69, 9.17) is 19.2 Å². The van der Waals surface area contributed by atoms with Crippen LogP contribution in [0.15, 0.2) is 85.1 Å². The molecule has 182 valence electrons. The van der Waals surface area contributed by atoms with Crippen LogP contribution < -0.4 is 19.5 Å². The lowest BCUT2D eigenvalue weighted by Gasteiger charge is -2.15. The summed E-state index contributed by atoms with van der Waals surface area (Å²) >= 11 is 0. The van der Waals surface area contributed by atoms with Gasteiger partial charge in [0.05, 0.1) is 14.2 Å². The van der Waals surface area contributed by atoms with E-state index in [1.807, 2.05) is 71.3 Å². The van der Waals surface area contributed by atoms with E-state index >= 15 is 0 Å². The molecule has 0 saturated heterocycles. The fourth-order valence-corrected chi connectivity index (χ4v) is 4.33. The Morgan fingerprint density at radius 2 is 1.58 bits per heavy atom. The van der Waals surface area contributed by atoms with Crippen LogP contribution in [0.5, 0.6) is 17.2 Å². The lowest BCUT2D eigenvalue weighted by molar-refractivity contribution is 0.308. The quantitative estimate of drug-likeness (QED) is 0.261. The monoisotopic (exact) mass is 479 g/mol. The molecular formula is C30H29N3O3. The lowest BCUT2D eigenvalue weighted by atomic mass is 10.1. The van der Waals surface area contributed by atoms with Crippen molar-refractivity contribution in [2.75, 3.05) is 19.5 Å². The number of aryl methyl sites for hydroxylation is 2. The normalized spacial score (nSPS) is 10.9. The fourth-order valence-electron chi connectivity index (χ4n) is 4.33. The second-order valence-corrected chi connectivity index (χ2v) is 8.61. The Morgan fingerprint density at radius 3 is 2.31 bits per heavy atom. The molecule has 3 aromatic carbocycles. The minimum atomic E-state index is 0.449. The van der Waals surface area contributed by atoms with Gasteiger partial charge in [-0.15, -0.1) is 0 Å². The third-order valence-electron chi connectivity index (χ3n) is 6.24. The van der Waals surface area contributed by atoms with Gasteiger partial charge in [0.15, 0.2) is 11.4 Å². The molecule has 0 bridgehead atoms. The molecule has 2 heterocycles. The zero-order valence-electron chi connectivity index (χ0n) is 20.9. The number of para-hydroxylation sites is 1. The zero-order chi connectivity index (χ0) is 25.1. The van der Waals surface area contributed by atoms with Gasteiger partial charge in [0, 0.05) is 17.4 Å². The molecule has 0 radical (unpaired) electrons. The van der Waals surface area contributed by atoms with Crippen molar-refractivity contribution in [3.05, 3.63) is 102 Å². The van der Waals surface area contributed by atoms with E-state index in [1.165, 1.54) is 0 Å². The molecule has 2 aromatic heterocycles. The van der Waals surface area contributed by atoms with Crippen LogP contribution >= 0.6 is 0 Å². The molecule has 0 fully saturated rings. The van der Waals surface area contributed by atoms with Crippen molar-refractivity contribution in [1.82, 2.24) is 9.38 Å². The number of methoxy groups -OCH3 is 2. The molecule has 5 rings (SSSR count). The first-order chi connectivity index (χ1) is 17.6. The summed E-state index contributed by atoms with van der Waals surface area (Å²) in [6, 6.07) is 26.0. The van der Waals surface area contributed by atoms with Gasteiger partial charge in [0.25, 0.3) is 0 Å². The summed E-state index contributed by atoms with van der Waals surface area (Å²) in [5, 5.41) is 3.67. The average molecular weight is 480 g/mol. The van der Waals surface area contributed by atoms with Crippen LogP contribution in [0.3, 0.4) is 0 Å². The minimum absolute atomic E-state index is 0.449. The predicted octanol–water partition coefficient (Wildman–Crippen LogP) is 6.96. The minimum Gasteiger partial charge on any atom is -0.497 e. The summed E-state index contributed by atoms with van der Waals surface area (Å²) in [7, 11) is 3.31. The molecule has 0 saturated carbocycles. The van der Waals surface area contributed by atoms with E-state index in [1.54, 1.807) is 14.2 Å². The maximum absolute atomic E-state index is 6.24. The van der Waals surface area contributed by atoms with Gasteiger partial charge in [-0.25, -0.2) is 4.98 Å². The topological polar surface area (TPSA) is 57.0 Å². The summed E-state index contributed by atoms with van der Waals surface area (Å²) in [4.78, 5) is 5.07. The van der Waals surface area contributed by atoms with Crippen LogP contribution in [0.1, 0.15) is 16.7 Å². The van der Waals surface area contributed by atoms with E-state index in [0.29, 0.717) is 23.8 Å². The number of nitrogens with one attached hydrogen (secondary N) is 1. The summed E-state index contributed by atoms with van der Waals surface area (Å²) < 4.78 is 19.5. The van der Waals surface area contributed by atoms with Crippen molar-refractivity contribution in [2.45, 2.75) is 20.5 Å². The number of fused-ring (bicyclic) bond motifs is 1. The number of imidazole rings is 1. The van der Waals surface area contributed by atoms with Gasteiger partial charge in [-0.3, -0.25) is 4.40 Å². The van der Waals surface area contributed by atoms with Crippen molar-refractivity contribution in [2.24, 2.45) is 0 Å². The Kier molecular flexibility index (Phi) is 6.50. The Bertz CT molecular complexity index is 1490. The Hall–Kier alpha value is -4.45. The molecule has 0 unspecified atom stereocenters. The van der Waals surface area contributed by atoms with E-state index in [-0.39, 0.29) is 0 Å². The summed E-state index contributed by atoms with van der Waals surface area (Å²) in [6.45, 7) is 4.64. The number of aromatic nitrogens is 2. The number of hydrogen-bond donors (Lipinski definition) is 1. The summed E-state index contributed by atoms with van der Waals surface area (Å²) in [5.41, 5.74) is 6.69. The van der Waals surface area contributed by atoms with Crippen LogP contribution in [-0.2, 0) is 6.61 Å². The first kappa shape index (κ1) is 23.3. The highest BCUT2D eigenvalue weighted by molar-refractivity contribution is 5.85. The predicted molar refractivity (Wildman–Crippen MR) is 144 cm³/mol. The van der Waals surface area contributed by atoms with Gasteiger partial charge in [-0.05, 0) is 60.9 Å². The molecule has 0 aliphatic rings. The Morgan fingerprint density at radius 1 is 0.806 bits per heavy atom. The van der Waals surface area contributed by atoms with Crippen molar-refractivity contribution in [1.29, 1.82) is 0 Å². The van der Waals surface area contributed by atoms with E-state index in [0.717, 1.165) is 45.2 Å². The van der Waals surface area contributed by atoms with Crippen molar-refractivity contribution in [3.63, 3.8) is 0 Å². The molecule has 1 N–H and O–H groups in total. The molecule has 5 aromatic rings. The maximum Gasteiger partial charge on any atom is 0.181 e. The van der Waals surface area contributed by atoms with Crippen molar-refractivity contribution >= 4 is 17.2 Å². The number of rotatable bonds is 8. The molecule has 0 spiro atoms. The molecule has 6 heteroatoms. The smallest absolute Gasteiger partial charge is 0.181 e. The second kappa shape index (κ2) is 10.0. The third-order valence-corrected chi connectivity index (χ3v) is 6.24. The molecule has 0 amide bonds. The first-order valence-electron chi connectivity index (χ1n) is 11.8. The zero-order valence-corrected chi connectivity index (χ0v) is 20.9. The highest BCUT2D eigenvalue weighted by atomic mass is 16.5. The van der Waals surface area contributed by atoms with Crippen LogP contribution in [-0.4, -0.2) is 23.6 Å². The highest BCUT2D eigenvalue weighted by Gasteiger charge is 2.21. The molecule has 0 aliphatic carbocycles. The third kappa shape index (κ3) is 4.45. The second-order valence-electron chi connectivity index (χ2n) is 8.61. The van der Waals surface area contributed by atoms with Crippen molar-refractivity contribution in [3.8, 4) is 28.5 Å². The summed E-state index contributed by atoms with van der Waals surface area (Å²) in [5.74, 6) is 2.94. The van der Waals surface area contributed by atoms with E-state index in [2.05, 4.69) is 37.4 Å². The van der Waals surface area contributed by atoms with Crippen LogP contribution in [0, 0.1) is 13.8 Å². The molecule has 36 heavy (non-hydrogen) atoms. The van der Waals surface area contributed by atoms with Gasteiger partial charge in [0.1, 0.15) is 29.6 Å². The van der Waals surface area contributed by atoms with Crippen LogP contribution in [0.2, 0.25) is 0 Å². The number of hydrogen-bond acceptors (Lipinski definition) is 5.